The molecule has 1 aliphatic rings. The molecule has 0 bridgehead atoms. The first-order valence-corrected chi connectivity index (χ1v) is 7.61. The first kappa shape index (κ1) is 14.5. The monoisotopic (exact) mass is 315 g/mol. The van der Waals surface area contributed by atoms with Crippen LogP contribution in [0.4, 0.5) is 0 Å². The van der Waals surface area contributed by atoms with E-state index in [0.29, 0.717) is 17.2 Å². The summed E-state index contributed by atoms with van der Waals surface area (Å²) in [6.45, 7) is 0. The molecule has 0 amide bonds. The summed E-state index contributed by atoms with van der Waals surface area (Å²) in [5, 5.41) is 4.72. The summed E-state index contributed by atoms with van der Waals surface area (Å²) in [4.78, 5) is 17.8. The van der Waals surface area contributed by atoms with E-state index in [9.17, 15) is 0 Å². The van der Waals surface area contributed by atoms with Crippen molar-refractivity contribution in [2.24, 2.45) is 10.7 Å². The Morgan fingerprint density at radius 2 is 1.54 bits per heavy atom. The predicted octanol–water partition coefficient (Wildman–Crippen LogP) is 2.56. The Bertz CT molecular complexity index is 850. The van der Waals surface area contributed by atoms with Crippen molar-refractivity contribution in [1.29, 1.82) is 0 Å². The van der Waals surface area contributed by atoms with E-state index in [1.807, 2.05) is 54.6 Å². The molecule has 4 heterocycles. The van der Waals surface area contributed by atoms with E-state index in [4.69, 9.17) is 11.1 Å². The zero-order valence-electron chi connectivity index (χ0n) is 12.8. The van der Waals surface area contributed by atoms with Gasteiger partial charge in [-0.05, 0) is 42.2 Å². The van der Waals surface area contributed by atoms with Crippen molar-refractivity contribution < 1.29 is 0 Å². The highest BCUT2D eigenvalue weighted by atomic mass is 15.3. The molecular weight excluding hydrogens is 300 g/mol. The molecule has 0 fully saturated rings. The van der Waals surface area contributed by atoms with Crippen LogP contribution in [0.1, 0.15) is 23.1 Å². The molecule has 6 nitrogen and oxygen atoms in total. The second-order valence-electron chi connectivity index (χ2n) is 5.48. The molecule has 0 saturated carbocycles. The van der Waals surface area contributed by atoms with Crippen molar-refractivity contribution in [3.05, 3.63) is 95.6 Å². The largest absolute Gasteiger partial charge is 0.453 e. The molecule has 0 spiro atoms. The lowest BCUT2D eigenvalue weighted by Gasteiger charge is -2.35. The Balaban J connectivity index is 1.83. The lowest BCUT2D eigenvalue weighted by Crippen LogP contribution is -2.39. The summed E-state index contributed by atoms with van der Waals surface area (Å²) in [7, 11) is 0. The molecule has 6 heteroatoms. The zero-order valence-corrected chi connectivity index (χ0v) is 12.8. The third kappa shape index (κ3) is 2.43. The van der Waals surface area contributed by atoms with Gasteiger partial charge in [-0.2, -0.15) is 0 Å². The van der Waals surface area contributed by atoms with Crippen LogP contribution in [0.5, 0.6) is 0 Å². The lowest BCUT2D eigenvalue weighted by molar-refractivity contribution is 0.414. The summed E-state index contributed by atoms with van der Waals surface area (Å²) >= 11 is 0. The minimum atomic E-state index is -1.11. The van der Waals surface area contributed by atoms with Crippen LogP contribution >= 0.6 is 0 Å². The van der Waals surface area contributed by atoms with E-state index in [2.05, 4.69) is 19.9 Å². The second-order valence-corrected chi connectivity index (χ2v) is 5.48. The van der Waals surface area contributed by atoms with E-state index >= 15 is 0 Å². The fourth-order valence-electron chi connectivity index (χ4n) is 2.73. The maximum absolute atomic E-state index is 6.67. The molecule has 0 aliphatic carbocycles. The molecule has 0 aromatic carbocycles. The van der Waals surface area contributed by atoms with Gasteiger partial charge in [0.2, 0.25) is 0 Å². The minimum absolute atomic E-state index is 0.453. The average Bonchev–Trinajstić information content (AvgIpc) is 3.03. The van der Waals surface area contributed by atoms with Crippen molar-refractivity contribution in [2.45, 2.75) is 11.7 Å². The molecule has 24 heavy (non-hydrogen) atoms. The molecule has 3 aromatic rings. The van der Waals surface area contributed by atoms with Gasteiger partial charge in [0, 0.05) is 30.3 Å². The number of hydrogen-bond donors (Lipinski definition) is 1. The van der Waals surface area contributed by atoms with Crippen LogP contribution < -0.4 is 5.73 Å². The fraction of sp³-hybridized carbons (Fsp3) is 0.111. The molecule has 2 N–H and O–H groups in total. The Labute approximate surface area is 139 Å². The Kier molecular flexibility index (Phi) is 3.51. The van der Waals surface area contributed by atoms with Gasteiger partial charge in [0.05, 0.1) is 17.1 Å². The quantitative estimate of drug-likeness (QED) is 0.804. The van der Waals surface area contributed by atoms with Crippen LogP contribution in [-0.2, 0) is 5.66 Å². The van der Waals surface area contributed by atoms with Crippen molar-refractivity contribution >= 4 is 5.84 Å². The molecule has 0 radical (unpaired) electrons. The van der Waals surface area contributed by atoms with E-state index in [1.54, 1.807) is 18.6 Å². The van der Waals surface area contributed by atoms with E-state index < -0.39 is 11.7 Å². The third-order valence-electron chi connectivity index (χ3n) is 3.90. The highest BCUT2D eigenvalue weighted by molar-refractivity contribution is 6.09. The number of aromatic nitrogens is 3. The zero-order chi connectivity index (χ0) is 16.4. The summed E-state index contributed by atoms with van der Waals surface area (Å²) in [5.41, 5.74) is 7.65. The summed E-state index contributed by atoms with van der Waals surface area (Å²) in [5.74, 6) is 0.513. The molecule has 3 aromatic heterocycles. The second kappa shape index (κ2) is 5.82. The Hall–Kier alpha value is -3.12. The van der Waals surface area contributed by atoms with E-state index in [1.165, 1.54) is 0 Å². The van der Waals surface area contributed by atoms with Gasteiger partial charge in [0.25, 0.3) is 0 Å². The molecule has 118 valence electrons. The predicted molar refractivity (Wildman–Crippen MR) is 91.2 cm³/mol. The third-order valence-corrected chi connectivity index (χ3v) is 3.90. The van der Waals surface area contributed by atoms with Crippen LogP contribution in [0, 0.1) is 0 Å². The van der Waals surface area contributed by atoms with Crippen molar-refractivity contribution in [3.63, 3.8) is 0 Å². The first-order chi connectivity index (χ1) is 11.8. The normalized spacial score (nSPS) is 22.7. The van der Waals surface area contributed by atoms with Gasteiger partial charge < -0.3 is 16.0 Å². The minimum Gasteiger partial charge on any atom is -0.453 e. The SMILES string of the molecule is NC1(c2ccccn2)N=C(c2ccccn2)[N-]C1c1ccccn1. The highest BCUT2D eigenvalue weighted by Crippen LogP contribution is 2.44. The van der Waals surface area contributed by atoms with Gasteiger partial charge in [-0.15, -0.1) is 0 Å². The molecule has 0 saturated heterocycles. The fourth-order valence-corrected chi connectivity index (χ4v) is 2.73. The molecule has 2 atom stereocenters. The maximum Gasteiger partial charge on any atom is 0.0726 e. The average molecular weight is 315 g/mol. The number of rotatable bonds is 3. The van der Waals surface area contributed by atoms with E-state index in [-0.39, 0.29) is 0 Å². The smallest absolute Gasteiger partial charge is 0.0726 e. The lowest BCUT2D eigenvalue weighted by atomic mass is 9.95. The van der Waals surface area contributed by atoms with Gasteiger partial charge in [0.15, 0.2) is 0 Å². The van der Waals surface area contributed by atoms with Crippen LogP contribution in [0.25, 0.3) is 5.32 Å². The number of nitrogens with two attached hydrogens (primary N) is 1. The Morgan fingerprint density at radius 3 is 2.17 bits per heavy atom. The number of hydrogen-bond acceptors (Lipinski definition) is 5. The van der Waals surface area contributed by atoms with E-state index in [0.717, 1.165) is 5.69 Å². The highest BCUT2D eigenvalue weighted by Gasteiger charge is 2.36. The molecule has 4 rings (SSSR count). The van der Waals surface area contributed by atoms with Crippen molar-refractivity contribution in [2.75, 3.05) is 0 Å². The van der Waals surface area contributed by atoms with Gasteiger partial charge in [-0.25, -0.2) is 0 Å². The van der Waals surface area contributed by atoms with Crippen LogP contribution in [-0.4, -0.2) is 20.8 Å². The van der Waals surface area contributed by atoms with Crippen molar-refractivity contribution in [3.8, 4) is 0 Å². The van der Waals surface area contributed by atoms with Gasteiger partial charge in [-0.3, -0.25) is 15.0 Å². The number of aliphatic imine (C=N–C) groups is 1. The summed E-state index contributed by atoms with van der Waals surface area (Å²) in [6.07, 6.45) is 5.14. The summed E-state index contributed by atoms with van der Waals surface area (Å²) in [6, 6.07) is 16.4. The first-order valence-electron chi connectivity index (χ1n) is 7.61. The maximum atomic E-state index is 6.67. The number of nitrogens with zero attached hydrogens (tertiary/aromatic N) is 5. The van der Waals surface area contributed by atoms with Crippen LogP contribution in [0.3, 0.4) is 0 Å². The van der Waals surface area contributed by atoms with Crippen LogP contribution in [0.2, 0.25) is 0 Å². The molecule has 2 unspecified atom stereocenters. The standard InChI is InChI=1S/C18H15N6/c19-18(15-9-3-6-12-22-15)16(13-7-1-4-10-20-13)23-17(24-18)14-8-2-5-11-21-14/h1-12,16H,19H2/q-1. The number of pyridine rings is 3. The van der Waals surface area contributed by atoms with Crippen molar-refractivity contribution in [1.82, 2.24) is 15.0 Å². The molecular formula is C18H15N6-. The van der Waals surface area contributed by atoms with Gasteiger partial charge in [-0.1, -0.05) is 18.2 Å². The molecule has 1 aliphatic heterocycles. The van der Waals surface area contributed by atoms with Gasteiger partial charge in [0.1, 0.15) is 0 Å². The van der Waals surface area contributed by atoms with Crippen LogP contribution in [0.15, 0.2) is 78.2 Å². The summed E-state index contributed by atoms with van der Waals surface area (Å²) < 4.78 is 0. The van der Waals surface area contributed by atoms with Gasteiger partial charge >= 0.3 is 0 Å². The Morgan fingerprint density at radius 1 is 0.833 bits per heavy atom. The number of amidine groups is 1. The topological polar surface area (TPSA) is 91.1 Å².